The first-order chi connectivity index (χ1) is 8.91. The molecule has 100 valence electrons. The number of aromatic nitrogens is 2. The molecular formula is C10H11N5O4. The SMILES string of the molecule is Cn1c(N)c(N=Cc2ccc([N+](=O)[O-])o2)c(=O)n1C. The van der Waals surface area contributed by atoms with Gasteiger partial charge in [0.05, 0.1) is 12.3 Å². The molecule has 0 saturated heterocycles. The lowest BCUT2D eigenvalue weighted by Gasteiger charge is -1.98. The van der Waals surface area contributed by atoms with Gasteiger partial charge in [-0.25, -0.2) is 4.99 Å². The van der Waals surface area contributed by atoms with Crippen molar-refractivity contribution >= 4 is 23.6 Å². The van der Waals surface area contributed by atoms with Gasteiger partial charge in [-0.15, -0.1) is 0 Å². The van der Waals surface area contributed by atoms with Crippen LogP contribution in [0.3, 0.4) is 0 Å². The molecule has 0 aromatic carbocycles. The maximum atomic E-state index is 11.8. The Hall–Kier alpha value is -2.84. The van der Waals surface area contributed by atoms with E-state index < -0.39 is 10.8 Å². The number of rotatable bonds is 3. The smallest absolute Gasteiger partial charge is 0.400 e. The highest BCUT2D eigenvalue weighted by atomic mass is 16.6. The predicted octanol–water partition coefficient (Wildman–Crippen LogP) is 0.558. The molecule has 2 heterocycles. The van der Waals surface area contributed by atoms with Crippen LogP contribution in [0, 0.1) is 10.1 Å². The minimum Gasteiger partial charge on any atom is -0.400 e. The normalized spacial score (nSPS) is 11.3. The van der Waals surface area contributed by atoms with Gasteiger partial charge in [0.15, 0.2) is 11.4 Å². The van der Waals surface area contributed by atoms with E-state index in [1.54, 1.807) is 14.1 Å². The van der Waals surface area contributed by atoms with E-state index in [9.17, 15) is 14.9 Å². The standard InChI is InChI=1S/C10H11N5O4/c1-13-9(11)8(10(16)14(13)2)12-5-6-3-4-7(19-6)15(17)18/h3-5H,11H2,1-2H3. The molecular weight excluding hydrogens is 254 g/mol. The van der Waals surface area contributed by atoms with Crippen LogP contribution in [0.5, 0.6) is 0 Å². The molecule has 2 aromatic heterocycles. The van der Waals surface area contributed by atoms with E-state index >= 15 is 0 Å². The maximum Gasteiger partial charge on any atom is 0.433 e. The molecule has 2 aromatic rings. The number of nitrogens with zero attached hydrogens (tertiary/aromatic N) is 4. The summed E-state index contributed by atoms with van der Waals surface area (Å²) in [5.74, 6) is -0.0304. The van der Waals surface area contributed by atoms with Gasteiger partial charge in [0.2, 0.25) is 0 Å². The van der Waals surface area contributed by atoms with Crippen LogP contribution in [0.1, 0.15) is 5.76 Å². The van der Waals surface area contributed by atoms with Crippen molar-refractivity contribution in [3.63, 3.8) is 0 Å². The number of aliphatic imine (C=N–C) groups is 1. The summed E-state index contributed by atoms with van der Waals surface area (Å²) in [5, 5.41) is 10.4. The fourth-order valence-electron chi connectivity index (χ4n) is 1.47. The number of anilines is 1. The van der Waals surface area contributed by atoms with E-state index in [-0.39, 0.29) is 22.8 Å². The lowest BCUT2D eigenvalue weighted by molar-refractivity contribution is -0.402. The van der Waals surface area contributed by atoms with Crippen molar-refractivity contribution in [2.45, 2.75) is 0 Å². The molecule has 0 aliphatic rings. The summed E-state index contributed by atoms with van der Waals surface area (Å²) >= 11 is 0. The molecule has 19 heavy (non-hydrogen) atoms. The van der Waals surface area contributed by atoms with Crippen LogP contribution in [0.4, 0.5) is 17.4 Å². The Labute approximate surface area is 106 Å². The van der Waals surface area contributed by atoms with E-state index in [1.165, 1.54) is 27.7 Å². The summed E-state index contributed by atoms with van der Waals surface area (Å²) in [5.41, 5.74) is 5.41. The van der Waals surface area contributed by atoms with Gasteiger partial charge >= 0.3 is 5.88 Å². The number of nitrogen functional groups attached to an aromatic ring is 1. The summed E-state index contributed by atoms with van der Waals surface area (Å²) < 4.78 is 7.62. The van der Waals surface area contributed by atoms with Crippen LogP contribution in [0.25, 0.3) is 0 Å². The van der Waals surface area contributed by atoms with Crippen molar-refractivity contribution in [1.29, 1.82) is 0 Å². The van der Waals surface area contributed by atoms with Gasteiger partial charge in [0.1, 0.15) is 10.7 Å². The zero-order chi connectivity index (χ0) is 14.2. The van der Waals surface area contributed by atoms with E-state index in [0.29, 0.717) is 0 Å². The Morgan fingerprint density at radius 1 is 1.42 bits per heavy atom. The Bertz CT molecular complexity index is 721. The summed E-state index contributed by atoms with van der Waals surface area (Å²) in [6.07, 6.45) is 1.21. The molecule has 0 bridgehead atoms. The van der Waals surface area contributed by atoms with Crippen LogP contribution in [-0.4, -0.2) is 20.5 Å². The molecule has 9 heteroatoms. The average molecular weight is 265 g/mol. The topological polar surface area (TPSA) is 122 Å². The minimum atomic E-state index is -0.659. The molecule has 9 nitrogen and oxygen atoms in total. The number of hydrogen-bond donors (Lipinski definition) is 1. The average Bonchev–Trinajstić information content (AvgIpc) is 2.91. The zero-order valence-electron chi connectivity index (χ0n) is 10.2. The lowest BCUT2D eigenvalue weighted by Crippen LogP contribution is -2.17. The Morgan fingerprint density at radius 2 is 2.11 bits per heavy atom. The van der Waals surface area contributed by atoms with Gasteiger partial charge in [-0.3, -0.25) is 24.3 Å². The molecule has 0 radical (unpaired) electrons. The molecule has 0 amide bonds. The molecule has 0 spiro atoms. The Morgan fingerprint density at radius 3 is 2.58 bits per heavy atom. The van der Waals surface area contributed by atoms with Gasteiger partial charge in [-0.05, 0) is 6.07 Å². The third-order valence-corrected chi connectivity index (χ3v) is 2.65. The third-order valence-electron chi connectivity index (χ3n) is 2.65. The van der Waals surface area contributed by atoms with Crippen molar-refractivity contribution < 1.29 is 9.34 Å². The molecule has 2 rings (SSSR count). The molecule has 0 unspecified atom stereocenters. The van der Waals surface area contributed by atoms with E-state index in [1.807, 2.05) is 0 Å². The number of furan rings is 1. The minimum absolute atomic E-state index is 0.0593. The molecule has 0 fully saturated rings. The van der Waals surface area contributed by atoms with Gasteiger partial charge in [0, 0.05) is 14.1 Å². The second-order valence-electron chi connectivity index (χ2n) is 3.78. The maximum absolute atomic E-state index is 11.8. The van der Waals surface area contributed by atoms with E-state index in [0.717, 1.165) is 0 Å². The van der Waals surface area contributed by atoms with Crippen molar-refractivity contribution in [1.82, 2.24) is 9.36 Å². The molecule has 2 N–H and O–H groups in total. The highest BCUT2D eigenvalue weighted by molar-refractivity contribution is 5.80. The number of nitro groups is 1. The Kier molecular flexibility index (Phi) is 2.95. The van der Waals surface area contributed by atoms with Crippen LogP contribution in [-0.2, 0) is 14.1 Å². The first kappa shape index (κ1) is 12.6. The van der Waals surface area contributed by atoms with Crippen molar-refractivity contribution in [2.75, 3.05) is 5.73 Å². The monoisotopic (exact) mass is 265 g/mol. The van der Waals surface area contributed by atoms with Gasteiger partial charge in [0.25, 0.3) is 5.56 Å². The number of hydrogen-bond acceptors (Lipinski definition) is 6. The van der Waals surface area contributed by atoms with Crippen LogP contribution < -0.4 is 11.3 Å². The van der Waals surface area contributed by atoms with Crippen LogP contribution >= 0.6 is 0 Å². The quantitative estimate of drug-likeness (QED) is 0.493. The van der Waals surface area contributed by atoms with Crippen LogP contribution in [0.2, 0.25) is 0 Å². The highest BCUT2D eigenvalue weighted by Crippen LogP contribution is 2.18. The highest BCUT2D eigenvalue weighted by Gasteiger charge is 2.13. The Balaban J connectivity index is 2.35. The second kappa shape index (κ2) is 4.44. The summed E-state index contributed by atoms with van der Waals surface area (Å²) in [6, 6.07) is 2.58. The molecule has 0 aliphatic carbocycles. The van der Waals surface area contributed by atoms with Crippen molar-refractivity contribution in [3.8, 4) is 0 Å². The van der Waals surface area contributed by atoms with E-state index in [4.69, 9.17) is 10.2 Å². The fraction of sp³-hybridized carbons (Fsp3) is 0.200. The summed E-state index contributed by atoms with van der Waals surface area (Å²) in [4.78, 5) is 25.4. The van der Waals surface area contributed by atoms with Gasteiger partial charge in [-0.2, -0.15) is 0 Å². The molecule has 0 aliphatic heterocycles. The predicted molar refractivity (Wildman–Crippen MR) is 67.7 cm³/mol. The fourth-order valence-corrected chi connectivity index (χ4v) is 1.47. The van der Waals surface area contributed by atoms with Crippen molar-refractivity contribution in [2.24, 2.45) is 19.1 Å². The lowest BCUT2D eigenvalue weighted by atomic mass is 10.4. The summed E-state index contributed by atoms with van der Waals surface area (Å²) in [7, 11) is 3.17. The first-order valence-electron chi connectivity index (χ1n) is 5.21. The van der Waals surface area contributed by atoms with Crippen molar-refractivity contribution in [3.05, 3.63) is 38.4 Å². The number of nitrogens with two attached hydrogens (primary N) is 1. The van der Waals surface area contributed by atoms with Gasteiger partial charge in [-0.1, -0.05) is 0 Å². The summed E-state index contributed by atoms with van der Waals surface area (Å²) in [6.45, 7) is 0. The molecule has 0 atom stereocenters. The second-order valence-corrected chi connectivity index (χ2v) is 3.78. The molecule has 0 saturated carbocycles. The first-order valence-corrected chi connectivity index (χ1v) is 5.21. The largest absolute Gasteiger partial charge is 0.433 e. The van der Waals surface area contributed by atoms with E-state index in [2.05, 4.69) is 4.99 Å². The third kappa shape index (κ3) is 2.12. The van der Waals surface area contributed by atoms with Crippen LogP contribution in [0.15, 0.2) is 26.3 Å². The van der Waals surface area contributed by atoms with Gasteiger partial charge < -0.3 is 10.2 Å². The zero-order valence-corrected chi connectivity index (χ0v) is 10.2.